The lowest BCUT2D eigenvalue weighted by Crippen LogP contribution is -2.29. The molecule has 2 N–H and O–H groups in total. The van der Waals surface area contributed by atoms with Crippen molar-refractivity contribution < 1.29 is 19.5 Å². The topological polar surface area (TPSA) is 86.7 Å². The van der Waals surface area contributed by atoms with Gasteiger partial charge in [0.1, 0.15) is 0 Å². The lowest BCUT2D eigenvalue weighted by Gasteiger charge is -2.19. The summed E-state index contributed by atoms with van der Waals surface area (Å²) in [6.07, 6.45) is 0. The van der Waals surface area contributed by atoms with E-state index >= 15 is 0 Å². The molecule has 0 aromatic heterocycles. The van der Waals surface area contributed by atoms with E-state index in [0.29, 0.717) is 23.4 Å². The van der Waals surface area contributed by atoms with Crippen LogP contribution < -0.4 is 5.32 Å². The van der Waals surface area contributed by atoms with Crippen LogP contribution in [0.3, 0.4) is 0 Å². The van der Waals surface area contributed by atoms with Gasteiger partial charge in [0.15, 0.2) is 0 Å². The highest BCUT2D eigenvalue weighted by Gasteiger charge is 2.15. The Morgan fingerprint density at radius 1 is 0.964 bits per heavy atom. The van der Waals surface area contributed by atoms with Crippen LogP contribution in [0.5, 0.6) is 0 Å². The smallest absolute Gasteiger partial charge is 0.310 e. The zero-order chi connectivity index (χ0) is 20.8. The van der Waals surface area contributed by atoms with Gasteiger partial charge in [-0.15, -0.1) is 0 Å². The maximum absolute atomic E-state index is 12.4. The summed E-state index contributed by atoms with van der Waals surface area (Å²) in [6.45, 7) is 5.83. The van der Waals surface area contributed by atoms with Crippen LogP contribution in [0.15, 0.2) is 48.5 Å². The summed E-state index contributed by atoms with van der Waals surface area (Å²) < 4.78 is 0. The third kappa shape index (κ3) is 5.42. The molecule has 0 radical (unpaired) electrons. The van der Waals surface area contributed by atoms with Crippen LogP contribution in [-0.4, -0.2) is 34.8 Å². The normalized spacial score (nSPS) is 11.8. The number of hydrogen-bond acceptors (Lipinski definition) is 3. The van der Waals surface area contributed by atoms with Crippen molar-refractivity contribution in [3.05, 3.63) is 65.2 Å². The van der Waals surface area contributed by atoms with Crippen LogP contribution in [0, 0.1) is 5.92 Å². The molecule has 2 aromatic rings. The molecule has 0 aliphatic heterocycles. The lowest BCUT2D eigenvalue weighted by molar-refractivity contribution is -0.138. The molecule has 6 heteroatoms. The molecule has 1 unspecified atom stereocenters. The summed E-state index contributed by atoms with van der Waals surface area (Å²) >= 11 is 0. The quantitative estimate of drug-likeness (QED) is 0.764. The summed E-state index contributed by atoms with van der Waals surface area (Å²) in [6, 6.07) is 13.9. The molecule has 0 spiro atoms. The Morgan fingerprint density at radius 3 is 2.04 bits per heavy atom. The van der Waals surface area contributed by atoms with Gasteiger partial charge < -0.3 is 15.3 Å². The molecule has 0 aliphatic rings. The number of carbonyl (C=O) groups is 3. The monoisotopic (exact) mass is 382 g/mol. The molecular formula is C22H26N2O4. The second kappa shape index (κ2) is 9.17. The van der Waals surface area contributed by atoms with Crippen molar-refractivity contribution in [2.24, 2.45) is 5.92 Å². The van der Waals surface area contributed by atoms with Gasteiger partial charge in [0.25, 0.3) is 5.91 Å². The van der Waals surface area contributed by atoms with E-state index in [4.69, 9.17) is 5.11 Å². The molecule has 0 heterocycles. The van der Waals surface area contributed by atoms with Gasteiger partial charge in [0.05, 0.1) is 5.92 Å². The number of carboxylic acids is 1. The fraction of sp³-hybridized carbons (Fsp3) is 0.318. The average molecular weight is 382 g/mol. The van der Waals surface area contributed by atoms with Gasteiger partial charge >= 0.3 is 5.97 Å². The summed E-state index contributed by atoms with van der Waals surface area (Å²) in [4.78, 5) is 37.0. The molecular weight excluding hydrogens is 356 g/mol. The largest absolute Gasteiger partial charge is 0.481 e. The minimum absolute atomic E-state index is 0.0556. The van der Waals surface area contributed by atoms with Crippen LogP contribution in [-0.2, 0) is 16.1 Å². The van der Waals surface area contributed by atoms with Crippen molar-refractivity contribution in [2.75, 3.05) is 12.4 Å². The Morgan fingerprint density at radius 2 is 1.54 bits per heavy atom. The van der Waals surface area contributed by atoms with Gasteiger partial charge in [-0.2, -0.15) is 0 Å². The zero-order valence-electron chi connectivity index (χ0n) is 16.6. The standard InChI is InChI=1S/C22H26N2O4/c1-14(2)21(26)24(4)13-16-5-7-18(8-6-16)20(25)23-19-11-9-17(10-12-19)15(3)22(27)28/h5-12,14-15H,13H2,1-4H3,(H,23,25)(H,27,28). The van der Waals surface area contributed by atoms with Crippen molar-refractivity contribution in [1.82, 2.24) is 4.90 Å². The van der Waals surface area contributed by atoms with Gasteiger partial charge in [-0.1, -0.05) is 38.1 Å². The van der Waals surface area contributed by atoms with Gasteiger partial charge in [-0.05, 0) is 42.3 Å². The highest BCUT2D eigenvalue weighted by Crippen LogP contribution is 2.19. The maximum atomic E-state index is 12.4. The van der Waals surface area contributed by atoms with Crippen LogP contribution in [0.4, 0.5) is 5.69 Å². The predicted molar refractivity (Wildman–Crippen MR) is 108 cm³/mol. The number of anilines is 1. The molecule has 2 aromatic carbocycles. The molecule has 1 atom stereocenters. The molecule has 28 heavy (non-hydrogen) atoms. The van der Waals surface area contributed by atoms with E-state index in [1.54, 1.807) is 55.3 Å². The maximum Gasteiger partial charge on any atom is 0.310 e. The van der Waals surface area contributed by atoms with Crippen molar-refractivity contribution in [3.63, 3.8) is 0 Å². The Labute approximate surface area is 165 Å². The first kappa shape index (κ1) is 21.2. The van der Waals surface area contributed by atoms with E-state index in [0.717, 1.165) is 5.56 Å². The summed E-state index contributed by atoms with van der Waals surface area (Å²) in [5, 5.41) is 11.8. The highest BCUT2D eigenvalue weighted by atomic mass is 16.4. The Hall–Kier alpha value is -3.15. The fourth-order valence-electron chi connectivity index (χ4n) is 2.76. The van der Waals surface area contributed by atoms with Gasteiger partial charge in [0.2, 0.25) is 5.91 Å². The van der Waals surface area contributed by atoms with E-state index in [9.17, 15) is 14.4 Å². The van der Waals surface area contributed by atoms with Crippen LogP contribution in [0.2, 0.25) is 0 Å². The summed E-state index contributed by atoms with van der Waals surface area (Å²) in [7, 11) is 1.76. The number of carbonyl (C=O) groups excluding carboxylic acids is 2. The number of amides is 2. The lowest BCUT2D eigenvalue weighted by atomic mass is 10.0. The van der Waals surface area contributed by atoms with Crippen molar-refractivity contribution in [3.8, 4) is 0 Å². The number of carboxylic acid groups (broad SMARTS) is 1. The predicted octanol–water partition coefficient (Wildman–Crippen LogP) is 3.74. The van der Waals surface area contributed by atoms with Crippen LogP contribution >= 0.6 is 0 Å². The molecule has 0 saturated heterocycles. The van der Waals surface area contributed by atoms with E-state index in [1.165, 1.54) is 0 Å². The molecule has 2 amide bonds. The van der Waals surface area contributed by atoms with Crippen LogP contribution in [0.1, 0.15) is 48.2 Å². The van der Waals surface area contributed by atoms with Gasteiger partial charge in [-0.3, -0.25) is 14.4 Å². The van der Waals surface area contributed by atoms with Crippen LogP contribution in [0.25, 0.3) is 0 Å². The molecule has 0 aliphatic carbocycles. The first-order valence-electron chi connectivity index (χ1n) is 9.17. The number of rotatable bonds is 7. The number of nitrogens with one attached hydrogen (secondary N) is 1. The second-order valence-electron chi connectivity index (χ2n) is 7.18. The fourth-order valence-corrected chi connectivity index (χ4v) is 2.76. The van der Waals surface area contributed by atoms with E-state index in [1.807, 2.05) is 26.0 Å². The number of nitrogens with zero attached hydrogens (tertiary/aromatic N) is 1. The third-order valence-corrected chi connectivity index (χ3v) is 4.54. The summed E-state index contributed by atoms with van der Waals surface area (Å²) in [5.41, 5.74) is 2.72. The minimum atomic E-state index is -0.891. The number of benzene rings is 2. The van der Waals surface area contributed by atoms with Crippen molar-refractivity contribution in [2.45, 2.75) is 33.2 Å². The number of aliphatic carboxylic acids is 1. The summed E-state index contributed by atoms with van der Waals surface area (Å²) in [5.74, 6) is -1.73. The highest BCUT2D eigenvalue weighted by molar-refractivity contribution is 6.04. The first-order chi connectivity index (χ1) is 13.2. The molecule has 0 fully saturated rings. The molecule has 2 rings (SSSR count). The Bertz CT molecular complexity index is 842. The van der Waals surface area contributed by atoms with Gasteiger partial charge in [-0.25, -0.2) is 0 Å². The molecule has 0 saturated carbocycles. The third-order valence-electron chi connectivity index (χ3n) is 4.54. The Kier molecular flexibility index (Phi) is 6.93. The number of hydrogen-bond donors (Lipinski definition) is 2. The average Bonchev–Trinajstić information content (AvgIpc) is 2.67. The second-order valence-corrected chi connectivity index (χ2v) is 7.18. The van der Waals surface area contributed by atoms with Crippen molar-refractivity contribution >= 4 is 23.5 Å². The molecule has 148 valence electrons. The van der Waals surface area contributed by atoms with Crippen molar-refractivity contribution in [1.29, 1.82) is 0 Å². The van der Waals surface area contributed by atoms with E-state index in [2.05, 4.69) is 5.32 Å². The molecule has 0 bridgehead atoms. The van der Waals surface area contributed by atoms with E-state index < -0.39 is 11.9 Å². The SMILES string of the molecule is CC(C)C(=O)N(C)Cc1ccc(C(=O)Nc2ccc(C(C)C(=O)O)cc2)cc1. The first-order valence-corrected chi connectivity index (χ1v) is 9.17. The van der Waals surface area contributed by atoms with E-state index in [-0.39, 0.29) is 17.7 Å². The minimum Gasteiger partial charge on any atom is -0.481 e. The van der Waals surface area contributed by atoms with Gasteiger partial charge in [0, 0.05) is 30.8 Å². The zero-order valence-corrected chi connectivity index (χ0v) is 16.6. The Balaban J connectivity index is 1.99. The molecule has 6 nitrogen and oxygen atoms in total.